The second-order valence-electron chi connectivity index (χ2n) is 2.92. The molecule has 0 amide bonds. The summed E-state index contributed by atoms with van der Waals surface area (Å²) in [5, 5.41) is 20.1. The lowest BCUT2D eigenvalue weighted by molar-refractivity contribution is 0.150. The number of aliphatic hydroxyl groups is 2. The molecule has 1 aromatic heterocycles. The third kappa shape index (κ3) is 3.77. The van der Waals surface area contributed by atoms with Crippen LogP contribution in [-0.4, -0.2) is 22.9 Å². The van der Waals surface area contributed by atoms with Crippen molar-refractivity contribution in [2.45, 2.75) is 25.4 Å². The summed E-state index contributed by atoms with van der Waals surface area (Å²) in [5.74, 6) is 0. The average molecular weight is 265 g/mol. The van der Waals surface area contributed by atoms with E-state index >= 15 is 0 Å². The van der Waals surface area contributed by atoms with Gasteiger partial charge < -0.3 is 10.2 Å². The van der Waals surface area contributed by atoms with Crippen LogP contribution in [0, 0.1) is 0 Å². The molecule has 0 spiro atoms. The second kappa shape index (κ2) is 5.75. The largest absolute Gasteiger partial charge is 0.396 e. The van der Waals surface area contributed by atoms with Crippen molar-refractivity contribution in [2.75, 3.05) is 6.61 Å². The van der Waals surface area contributed by atoms with E-state index in [-0.39, 0.29) is 12.7 Å². The lowest BCUT2D eigenvalue weighted by Gasteiger charge is -2.07. The Hall–Kier alpha value is 0.100. The van der Waals surface area contributed by atoms with Crippen molar-refractivity contribution in [3.05, 3.63) is 20.8 Å². The van der Waals surface area contributed by atoms with Crippen LogP contribution in [0.4, 0.5) is 0 Å². The van der Waals surface area contributed by atoms with Crippen LogP contribution in [-0.2, 0) is 6.42 Å². The summed E-state index contributed by atoms with van der Waals surface area (Å²) < 4.78 is 1.07. The molecule has 74 valence electrons. The van der Waals surface area contributed by atoms with E-state index in [9.17, 15) is 5.11 Å². The zero-order valence-electron chi connectivity index (χ0n) is 7.24. The van der Waals surface area contributed by atoms with Crippen LogP contribution in [0.25, 0.3) is 0 Å². The molecule has 1 atom stereocenters. The van der Waals surface area contributed by atoms with Crippen molar-refractivity contribution in [2.24, 2.45) is 0 Å². The molecule has 1 aromatic rings. The highest BCUT2D eigenvalue weighted by molar-refractivity contribution is 9.10. The van der Waals surface area contributed by atoms with E-state index in [0.29, 0.717) is 19.3 Å². The van der Waals surface area contributed by atoms with Crippen LogP contribution in [0.3, 0.4) is 0 Å². The number of hydrogen-bond donors (Lipinski definition) is 2. The first-order chi connectivity index (χ1) is 6.24. The van der Waals surface area contributed by atoms with Gasteiger partial charge in [-0.05, 0) is 40.2 Å². The molecule has 0 radical (unpaired) electrons. The number of thiophene rings is 1. The van der Waals surface area contributed by atoms with Crippen LogP contribution < -0.4 is 0 Å². The van der Waals surface area contributed by atoms with E-state index < -0.39 is 0 Å². The highest BCUT2D eigenvalue weighted by Gasteiger charge is 2.08. The molecule has 1 unspecified atom stereocenters. The second-order valence-corrected chi connectivity index (χ2v) is 4.77. The van der Waals surface area contributed by atoms with Crippen molar-refractivity contribution in [1.29, 1.82) is 0 Å². The Kier molecular flexibility index (Phi) is 4.94. The summed E-state index contributed by atoms with van der Waals surface area (Å²) in [7, 11) is 0. The molecule has 1 rings (SSSR count). The van der Waals surface area contributed by atoms with Gasteiger partial charge in [0.1, 0.15) is 0 Å². The first-order valence-electron chi connectivity index (χ1n) is 4.25. The lowest BCUT2D eigenvalue weighted by Crippen LogP contribution is -2.10. The SMILES string of the molecule is OCCCC(O)Cc1sccc1Br. The van der Waals surface area contributed by atoms with Gasteiger partial charge in [-0.2, -0.15) is 0 Å². The summed E-state index contributed by atoms with van der Waals surface area (Å²) >= 11 is 5.05. The molecular formula is C9H13BrO2S. The molecule has 13 heavy (non-hydrogen) atoms. The van der Waals surface area contributed by atoms with Gasteiger partial charge in [-0.1, -0.05) is 0 Å². The maximum Gasteiger partial charge on any atom is 0.0589 e. The number of halogens is 1. The van der Waals surface area contributed by atoms with Crippen molar-refractivity contribution >= 4 is 27.3 Å². The van der Waals surface area contributed by atoms with Gasteiger partial charge >= 0.3 is 0 Å². The first-order valence-corrected chi connectivity index (χ1v) is 5.92. The summed E-state index contributed by atoms with van der Waals surface area (Å²) in [4.78, 5) is 1.17. The van der Waals surface area contributed by atoms with Crippen molar-refractivity contribution in [3.8, 4) is 0 Å². The van der Waals surface area contributed by atoms with E-state index in [1.54, 1.807) is 11.3 Å². The molecule has 0 aliphatic heterocycles. The monoisotopic (exact) mass is 264 g/mol. The zero-order valence-corrected chi connectivity index (χ0v) is 9.64. The minimum atomic E-state index is -0.331. The molecule has 0 bridgehead atoms. The molecule has 0 saturated carbocycles. The first kappa shape index (κ1) is 11.2. The predicted octanol–water partition coefficient (Wildman–Crippen LogP) is 2.19. The molecule has 0 fully saturated rings. The van der Waals surface area contributed by atoms with E-state index in [1.165, 1.54) is 4.88 Å². The van der Waals surface area contributed by atoms with Gasteiger partial charge in [0.05, 0.1) is 6.10 Å². The Labute approximate surface area is 90.4 Å². The standard InChI is InChI=1S/C9H13BrO2S/c10-8-3-5-13-9(8)6-7(12)2-1-4-11/h3,5,7,11-12H,1-2,4,6H2. The predicted molar refractivity (Wildman–Crippen MR) is 58.0 cm³/mol. The average Bonchev–Trinajstić information content (AvgIpc) is 2.48. The Bertz CT molecular complexity index is 250. The summed E-state index contributed by atoms with van der Waals surface area (Å²) in [6, 6.07) is 1.98. The molecule has 0 aromatic carbocycles. The smallest absolute Gasteiger partial charge is 0.0589 e. The van der Waals surface area contributed by atoms with Gasteiger partial charge in [0.15, 0.2) is 0 Å². The van der Waals surface area contributed by atoms with Crippen LogP contribution in [0.2, 0.25) is 0 Å². The summed E-state index contributed by atoms with van der Waals surface area (Å²) in [6.07, 6.45) is 1.69. The lowest BCUT2D eigenvalue weighted by atomic mass is 10.1. The van der Waals surface area contributed by atoms with Crippen LogP contribution in [0.1, 0.15) is 17.7 Å². The minimum absolute atomic E-state index is 0.155. The van der Waals surface area contributed by atoms with Gasteiger partial charge in [0.2, 0.25) is 0 Å². The molecule has 2 N–H and O–H groups in total. The number of hydrogen-bond acceptors (Lipinski definition) is 3. The van der Waals surface area contributed by atoms with Crippen LogP contribution in [0.15, 0.2) is 15.9 Å². The van der Waals surface area contributed by atoms with E-state index in [1.807, 2.05) is 11.4 Å². The molecule has 2 nitrogen and oxygen atoms in total. The fourth-order valence-electron chi connectivity index (χ4n) is 1.11. The molecule has 0 aliphatic rings. The Balaban J connectivity index is 2.36. The van der Waals surface area contributed by atoms with E-state index in [4.69, 9.17) is 5.11 Å². The zero-order chi connectivity index (χ0) is 9.68. The van der Waals surface area contributed by atoms with Crippen molar-refractivity contribution in [1.82, 2.24) is 0 Å². The maximum absolute atomic E-state index is 9.55. The summed E-state index contributed by atoms with van der Waals surface area (Å²) in [5.41, 5.74) is 0. The maximum atomic E-state index is 9.55. The van der Waals surface area contributed by atoms with Gasteiger partial charge in [0, 0.05) is 22.4 Å². The topological polar surface area (TPSA) is 40.5 Å². The normalized spacial score (nSPS) is 13.2. The number of aliphatic hydroxyl groups excluding tert-OH is 2. The molecule has 4 heteroatoms. The Morgan fingerprint density at radius 2 is 2.31 bits per heavy atom. The third-order valence-electron chi connectivity index (χ3n) is 1.81. The van der Waals surface area contributed by atoms with Gasteiger partial charge in [-0.3, -0.25) is 0 Å². The summed E-state index contributed by atoms with van der Waals surface area (Å²) in [6.45, 7) is 0.155. The van der Waals surface area contributed by atoms with E-state index in [0.717, 1.165) is 4.47 Å². The fraction of sp³-hybridized carbons (Fsp3) is 0.556. The Morgan fingerprint density at radius 3 is 2.85 bits per heavy atom. The van der Waals surface area contributed by atoms with Gasteiger partial charge in [-0.15, -0.1) is 11.3 Å². The van der Waals surface area contributed by atoms with Gasteiger partial charge in [0.25, 0.3) is 0 Å². The number of rotatable bonds is 5. The highest BCUT2D eigenvalue weighted by atomic mass is 79.9. The Morgan fingerprint density at radius 1 is 1.54 bits per heavy atom. The van der Waals surface area contributed by atoms with Gasteiger partial charge in [-0.25, -0.2) is 0 Å². The van der Waals surface area contributed by atoms with Crippen molar-refractivity contribution in [3.63, 3.8) is 0 Å². The van der Waals surface area contributed by atoms with Crippen LogP contribution in [0.5, 0.6) is 0 Å². The van der Waals surface area contributed by atoms with Crippen LogP contribution >= 0.6 is 27.3 Å². The molecule has 0 aliphatic carbocycles. The minimum Gasteiger partial charge on any atom is -0.396 e. The van der Waals surface area contributed by atoms with E-state index in [2.05, 4.69) is 15.9 Å². The quantitative estimate of drug-likeness (QED) is 0.856. The van der Waals surface area contributed by atoms with Crippen molar-refractivity contribution < 1.29 is 10.2 Å². The molecular weight excluding hydrogens is 252 g/mol. The molecule has 0 saturated heterocycles. The molecule has 1 heterocycles. The third-order valence-corrected chi connectivity index (χ3v) is 3.76. The fourth-order valence-corrected chi connectivity index (χ4v) is 2.70. The highest BCUT2D eigenvalue weighted by Crippen LogP contribution is 2.24.